The summed E-state index contributed by atoms with van der Waals surface area (Å²) in [7, 11) is -3.14. The molecule has 23 heavy (non-hydrogen) atoms. The number of aromatic nitrogens is 2. The summed E-state index contributed by atoms with van der Waals surface area (Å²) in [6, 6.07) is 5.99. The van der Waals surface area contributed by atoms with E-state index >= 15 is 0 Å². The smallest absolute Gasteiger partial charge is 0.208 e. The van der Waals surface area contributed by atoms with E-state index < -0.39 is 10.0 Å². The van der Waals surface area contributed by atoms with E-state index in [9.17, 15) is 8.42 Å². The van der Waals surface area contributed by atoms with Gasteiger partial charge in [0.25, 0.3) is 0 Å². The Morgan fingerprint density at radius 1 is 1.39 bits per heavy atom. The van der Waals surface area contributed by atoms with Crippen LogP contribution < -0.4 is 9.62 Å². The molecule has 0 amide bonds. The normalized spacial score (nSPS) is 19.2. The van der Waals surface area contributed by atoms with Gasteiger partial charge in [-0.15, -0.1) is 0 Å². The molecule has 8 heteroatoms. The molecule has 0 aliphatic carbocycles. The van der Waals surface area contributed by atoms with E-state index in [0.717, 1.165) is 47.1 Å². The number of benzene rings is 1. The van der Waals surface area contributed by atoms with Crippen LogP contribution in [0, 0.1) is 5.92 Å². The van der Waals surface area contributed by atoms with Crippen molar-refractivity contribution < 1.29 is 8.42 Å². The first kappa shape index (κ1) is 16.6. The van der Waals surface area contributed by atoms with Crippen LogP contribution in [0.25, 0.3) is 10.9 Å². The lowest BCUT2D eigenvalue weighted by Crippen LogP contribution is -2.41. The SMILES string of the molecule is CS(=O)(=O)NCC1CCCN(c2ncnc3cc(Br)ccc23)C1. The number of fused-ring (bicyclic) bond motifs is 1. The van der Waals surface area contributed by atoms with Gasteiger partial charge in [-0.3, -0.25) is 0 Å². The average molecular weight is 399 g/mol. The van der Waals surface area contributed by atoms with Crippen molar-refractivity contribution in [2.45, 2.75) is 12.8 Å². The number of halogens is 1. The minimum atomic E-state index is -3.14. The lowest BCUT2D eigenvalue weighted by Gasteiger charge is -2.34. The van der Waals surface area contributed by atoms with Crippen molar-refractivity contribution in [2.75, 3.05) is 30.8 Å². The van der Waals surface area contributed by atoms with Crippen LogP contribution in [-0.4, -0.2) is 44.3 Å². The van der Waals surface area contributed by atoms with Crippen LogP contribution in [0.1, 0.15) is 12.8 Å². The zero-order valence-corrected chi connectivity index (χ0v) is 15.3. The van der Waals surface area contributed by atoms with E-state index in [4.69, 9.17) is 0 Å². The minimum absolute atomic E-state index is 0.291. The molecule has 0 saturated carbocycles. The lowest BCUT2D eigenvalue weighted by molar-refractivity contribution is 0.410. The molecule has 0 bridgehead atoms. The topological polar surface area (TPSA) is 75.2 Å². The highest BCUT2D eigenvalue weighted by Crippen LogP contribution is 2.28. The number of rotatable bonds is 4. The van der Waals surface area contributed by atoms with Crippen molar-refractivity contribution in [3.8, 4) is 0 Å². The highest BCUT2D eigenvalue weighted by atomic mass is 79.9. The van der Waals surface area contributed by atoms with Crippen LogP contribution in [0.15, 0.2) is 29.0 Å². The molecule has 1 saturated heterocycles. The van der Waals surface area contributed by atoms with Gasteiger partial charge in [0.2, 0.25) is 10.0 Å². The zero-order valence-electron chi connectivity index (χ0n) is 12.9. The predicted molar refractivity (Wildman–Crippen MR) is 95.0 cm³/mol. The highest BCUT2D eigenvalue weighted by molar-refractivity contribution is 9.10. The Morgan fingerprint density at radius 3 is 3.00 bits per heavy atom. The second kappa shape index (κ2) is 6.70. The molecule has 3 rings (SSSR count). The summed E-state index contributed by atoms with van der Waals surface area (Å²) in [5.41, 5.74) is 0.903. The predicted octanol–water partition coefficient (Wildman–Crippen LogP) is 2.16. The monoisotopic (exact) mass is 398 g/mol. The first-order valence-corrected chi connectivity index (χ1v) is 10.2. The summed E-state index contributed by atoms with van der Waals surface area (Å²) in [6.07, 6.45) is 4.83. The third kappa shape index (κ3) is 4.19. The maximum Gasteiger partial charge on any atom is 0.208 e. The van der Waals surface area contributed by atoms with Gasteiger partial charge in [-0.05, 0) is 37.0 Å². The van der Waals surface area contributed by atoms with Crippen LogP contribution >= 0.6 is 15.9 Å². The number of nitrogens with zero attached hydrogens (tertiary/aromatic N) is 3. The quantitative estimate of drug-likeness (QED) is 0.853. The van der Waals surface area contributed by atoms with Gasteiger partial charge in [-0.2, -0.15) is 0 Å². The van der Waals surface area contributed by atoms with E-state index in [1.807, 2.05) is 18.2 Å². The molecule has 2 aromatic rings. The minimum Gasteiger partial charge on any atom is -0.356 e. The van der Waals surface area contributed by atoms with Crippen LogP contribution in [-0.2, 0) is 10.0 Å². The van der Waals surface area contributed by atoms with Gasteiger partial charge >= 0.3 is 0 Å². The Labute approximate surface area is 144 Å². The number of nitrogens with one attached hydrogen (secondary N) is 1. The fourth-order valence-corrected chi connectivity index (χ4v) is 3.85. The molecule has 1 aromatic carbocycles. The van der Waals surface area contributed by atoms with Gasteiger partial charge in [-0.1, -0.05) is 15.9 Å². The molecule has 124 valence electrons. The summed E-state index contributed by atoms with van der Waals surface area (Å²) >= 11 is 3.46. The van der Waals surface area contributed by atoms with Gasteiger partial charge in [0.15, 0.2) is 0 Å². The van der Waals surface area contributed by atoms with Gasteiger partial charge in [0, 0.05) is 29.5 Å². The van der Waals surface area contributed by atoms with Crippen molar-refractivity contribution in [3.05, 3.63) is 29.0 Å². The molecule has 0 radical (unpaired) electrons. The number of hydrogen-bond acceptors (Lipinski definition) is 5. The lowest BCUT2D eigenvalue weighted by atomic mass is 9.98. The van der Waals surface area contributed by atoms with E-state index in [1.54, 1.807) is 6.33 Å². The first-order valence-electron chi connectivity index (χ1n) is 7.52. The molecular weight excluding hydrogens is 380 g/mol. The van der Waals surface area contributed by atoms with Gasteiger partial charge in [-0.25, -0.2) is 23.1 Å². The molecular formula is C15H19BrN4O2S. The summed E-state index contributed by atoms with van der Waals surface area (Å²) < 4.78 is 26.2. The van der Waals surface area contributed by atoms with Gasteiger partial charge < -0.3 is 4.90 Å². The molecule has 1 aliphatic rings. The van der Waals surface area contributed by atoms with Crippen molar-refractivity contribution in [1.82, 2.24) is 14.7 Å². The maximum absolute atomic E-state index is 11.3. The molecule has 0 spiro atoms. The summed E-state index contributed by atoms with van der Waals surface area (Å²) in [5.74, 6) is 1.21. The van der Waals surface area contributed by atoms with Gasteiger partial charge in [0.05, 0.1) is 11.8 Å². The molecule has 1 aromatic heterocycles. The van der Waals surface area contributed by atoms with Crippen molar-refractivity contribution in [1.29, 1.82) is 0 Å². The van der Waals surface area contributed by atoms with E-state index in [0.29, 0.717) is 12.5 Å². The molecule has 1 atom stereocenters. The first-order chi connectivity index (χ1) is 10.9. The molecule has 2 heterocycles. The average Bonchev–Trinajstić information content (AvgIpc) is 2.52. The molecule has 1 unspecified atom stereocenters. The second-order valence-corrected chi connectivity index (χ2v) is 8.68. The summed E-state index contributed by atoms with van der Waals surface area (Å²) in [4.78, 5) is 11.0. The summed E-state index contributed by atoms with van der Waals surface area (Å²) in [5, 5.41) is 1.02. The Bertz CT molecular complexity index is 812. The highest BCUT2D eigenvalue weighted by Gasteiger charge is 2.23. The Hall–Kier alpha value is -1.25. The standard InChI is InChI=1S/C15H19BrN4O2S/c1-23(21,22)19-8-11-3-2-6-20(9-11)15-13-5-4-12(16)7-14(13)17-10-18-15/h4-5,7,10-11,19H,2-3,6,8-9H2,1H3. The van der Waals surface area contributed by atoms with Crippen LogP contribution in [0.4, 0.5) is 5.82 Å². The van der Waals surface area contributed by atoms with Crippen LogP contribution in [0.5, 0.6) is 0 Å². The fourth-order valence-electron chi connectivity index (χ4n) is 2.96. The van der Waals surface area contributed by atoms with Crippen molar-refractivity contribution in [3.63, 3.8) is 0 Å². The third-order valence-electron chi connectivity index (χ3n) is 4.03. The molecule has 1 N–H and O–H groups in total. The molecule has 1 fully saturated rings. The largest absolute Gasteiger partial charge is 0.356 e. The number of sulfonamides is 1. The Balaban J connectivity index is 1.81. The molecule has 1 aliphatic heterocycles. The second-order valence-electron chi connectivity index (χ2n) is 5.93. The molecule has 6 nitrogen and oxygen atoms in total. The van der Waals surface area contributed by atoms with Crippen LogP contribution in [0.2, 0.25) is 0 Å². The maximum atomic E-state index is 11.3. The number of hydrogen-bond donors (Lipinski definition) is 1. The Morgan fingerprint density at radius 2 is 2.22 bits per heavy atom. The van der Waals surface area contributed by atoms with Crippen LogP contribution in [0.3, 0.4) is 0 Å². The fraction of sp³-hybridized carbons (Fsp3) is 0.467. The van der Waals surface area contributed by atoms with Gasteiger partial charge in [0.1, 0.15) is 12.1 Å². The van der Waals surface area contributed by atoms with Crippen molar-refractivity contribution >= 4 is 42.7 Å². The third-order valence-corrected chi connectivity index (χ3v) is 5.21. The number of anilines is 1. The Kier molecular flexibility index (Phi) is 4.84. The summed E-state index contributed by atoms with van der Waals surface area (Å²) in [6.45, 7) is 2.20. The zero-order chi connectivity index (χ0) is 16.4. The van der Waals surface area contributed by atoms with E-state index in [2.05, 4.69) is 35.5 Å². The van der Waals surface area contributed by atoms with E-state index in [-0.39, 0.29) is 0 Å². The van der Waals surface area contributed by atoms with E-state index in [1.165, 1.54) is 6.26 Å². The number of piperidine rings is 1. The van der Waals surface area contributed by atoms with Crippen molar-refractivity contribution in [2.24, 2.45) is 5.92 Å².